The van der Waals surface area contributed by atoms with E-state index in [-0.39, 0.29) is 18.4 Å². The minimum absolute atomic E-state index is 0.190. The van der Waals surface area contributed by atoms with E-state index in [1.807, 2.05) is 49.3 Å². The first-order chi connectivity index (χ1) is 18.3. The topological polar surface area (TPSA) is 80.3 Å². The van der Waals surface area contributed by atoms with Gasteiger partial charge < -0.3 is 24.4 Å². The minimum atomic E-state index is -0.345. The van der Waals surface area contributed by atoms with Gasteiger partial charge in [0.15, 0.2) is 22.4 Å². The predicted molar refractivity (Wildman–Crippen MR) is 157 cm³/mol. The van der Waals surface area contributed by atoms with E-state index in [2.05, 4.69) is 5.32 Å². The number of thioether (sulfide) groups is 1. The third-order valence-corrected chi connectivity index (χ3v) is 6.95. The molecule has 3 aromatic carbocycles. The van der Waals surface area contributed by atoms with Crippen LogP contribution in [-0.4, -0.2) is 51.1 Å². The highest BCUT2D eigenvalue weighted by molar-refractivity contribution is 8.27. The van der Waals surface area contributed by atoms with Crippen LogP contribution in [0.15, 0.2) is 71.6 Å². The molecule has 10 heteroatoms. The van der Waals surface area contributed by atoms with Gasteiger partial charge in [-0.25, -0.2) is 0 Å². The van der Waals surface area contributed by atoms with Gasteiger partial charge in [0, 0.05) is 19.8 Å². The second-order valence-corrected chi connectivity index (χ2v) is 10.1. The monoisotopic (exact) mass is 549 g/mol. The molecular formula is C28H27N3O5S2. The fourth-order valence-electron chi connectivity index (χ4n) is 3.71. The van der Waals surface area contributed by atoms with Crippen molar-refractivity contribution in [3.63, 3.8) is 0 Å². The Morgan fingerprint density at radius 3 is 2.39 bits per heavy atom. The highest BCUT2D eigenvalue weighted by Gasteiger charge is 2.33. The molecule has 0 unspecified atom stereocenters. The number of para-hydroxylation sites is 2. The second kappa shape index (κ2) is 12.0. The number of benzene rings is 3. The van der Waals surface area contributed by atoms with Gasteiger partial charge in [0.05, 0.1) is 30.5 Å². The van der Waals surface area contributed by atoms with Crippen molar-refractivity contribution < 1.29 is 23.8 Å². The number of amides is 2. The van der Waals surface area contributed by atoms with Crippen LogP contribution in [0.5, 0.6) is 17.2 Å². The van der Waals surface area contributed by atoms with Crippen molar-refractivity contribution in [2.45, 2.75) is 0 Å². The average molecular weight is 550 g/mol. The molecule has 0 bridgehead atoms. The summed E-state index contributed by atoms with van der Waals surface area (Å²) < 4.78 is 16.9. The van der Waals surface area contributed by atoms with Crippen LogP contribution < -0.4 is 29.3 Å². The van der Waals surface area contributed by atoms with Gasteiger partial charge in [-0.3, -0.25) is 14.5 Å². The Morgan fingerprint density at radius 1 is 1.00 bits per heavy atom. The summed E-state index contributed by atoms with van der Waals surface area (Å²) in [5.41, 5.74) is 3.03. The second-order valence-electron chi connectivity index (χ2n) is 8.38. The van der Waals surface area contributed by atoms with Gasteiger partial charge in [-0.15, -0.1) is 0 Å². The summed E-state index contributed by atoms with van der Waals surface area (Å²) in [5, 5.41) is 2.77. The first-order valence-electron chi connectivity index (χ1n) is 11.6. The summed E-state index contributed by atoms with van der Waals surface area (Å²) >= 11 is 6.74. The Labute approximate surface area is 231 Å². The van der Waals surface area contributed by atoms with E-state index in [0.29, 0.717) is 37.8 Å². The zero-order valence-corrected chi connectivity index (χ0v) is 23.0. The number of methoxy groups -OCH3 is 2. The highest BCUT2D eigenvalue weighted by Crippen LogP contribution is 2.37. The Morgan fingerprint density at radius 2 is 1.71 bits per heavy atom. The molecule has 0 atom stereocenters. The van der Waals surface area contributed by atoms with Crippen LogP contribution in [-0.2, 0) is 9.59 Å². The maximum Gasteiger partial charge on any atom is 0.270 e. The molecular weight excluding hydrogens is 522 g/mol. The molecule has 1 aliphatic rings. The van der Waals surface area contributed by atoms with Crippen molar-refractivity contribution >= 4 is 63.3 Å². The predicted octanol–water partition coefficient (Wildman–Crippen LogP) is 5.19. The normalized spacial score (nSPS) is 14.0. The molecule has 0 radical (unpaired) electrons. The van der Waals surface area contributed by atoms with Crippen molar-refractivity contribution in [1.82, 2.24) is 0 Å². The number of thiocarbonyl (C=S) groups is 1. The molecule has 3 aromatic rings. The number of ether oxygens (including phenoxy) is 3. The number of nitrogens with one attached hydrogen (secondary N) is 1. The lowest BCUT2D eigenvalue weighted by atomic mass is 10.1. The summed E-state index contributed by atoms with van der Waals surface area (Å²) in [4.78, 5) is 29.6. The summed E-state index contributed by atoms with van der Waals surface area (Å²) in [6.45, 7) is -0.223. The van der Waals surface area contributed by atoms with Crippen molar-refractivity contribution in [3.05, 3.63) is 77.2 Å². The van der Waals surface area contributed by atoms with Crippen LogP contribution >= 0.6 is 24.0 Å². The molecule has 0 aliphatic carbocycles. The molecule has 1 N–H and O–H groups in total. The van der Waals surface area contributed by atoms with Crippen LogP contribution in [0.25, 0.3) is 6.08 Å². The molecule has 196 valence electrons. The molecule has 2 amide bonds. The van der Waals surface area contributed by atoms with Gasteiger partial charge in [-0.1, -0.05) is 42.2 Å². The van der Waals surface area contributed by atoms with E-state index in [1.54, 1.807) is 42.5 Å². The van der Waals surface area contributed by atoms with Crippen molar-refractivity contribution in [1.29, 1.82) is 0 Å². The van der Waals surface area contributed by atoms with Crippen LogP contribution in [0.1, 0.15) is 5.56 Å². The molecule has 1 heterocycles. The molecule has 0 spiro atoms. The van der Waals surface area contributed by atoms with E-state index in [1.165, 1.54) is 30.9 Å². The van der Waals surface area contributed by atoms with Crippen molar-refractivity contribution in [2.75, 3.05) is 50.0 Å². The smallest absolute Gasteiger partial charge is 0.270 e. The summed E-state index contributed by atoms with van der Waals surface area (Å²) in [7, 11) is 6.96. The fourth-order valence-corrected chi connectivity index (χ4v) is 5.01. The molecule has 38 heavy (non-hydrogen) atoms. The first-order valence-corrected chi connectivity index (χ1v) is 12.8. The number of hydrogen-bond donors (Lipinski definition) is 1. The first kappa shape index (κ1) is 27.0. The van der Waals surface area contributed by atoms with E-state index in [9.17, 15) is 9.59 Å². The quantitative estimate of drug-likeness (QED) is 0.289. The maximum atomic E-state index is 13.2. The van der Waals surface area contributed by atoms with Gasteiger partial charge in [0.1, 0.15) is 5.75 Å². The third kappa shape index (κ3) is 6.09. The molecule has 1 fully saturated rings. The van der Waals surface area contributed by atoms with Gasteiger partial charge >= 0.3 is 0 Å². The summed E-state index contributed by atoms with van der Waals surface area (Å²) in [5.74, 6) is 0.846. The lowest BCUT2D eigenvalue weighted by Crippen LogP contribution is -2.27. The van der Waals surface area contributed by atoms with E-state index in [0.717, 1.165) is 11.3 Å². The standard InChI is InChI=1S/C28H27N3O5S2/c1-30(2)19-10-12-20(13-11-19)31-27(33)25(38-28(31)37)16-18-9-14-23(24(15-18)35-4)36-17-26(32)29-21-7-5-6-8-22(21)34-3/h5-16H,17H2,1-4H3,(H,29,32)/b25-16-. The molecule has 0 aromatic heterocycles. The lowest BCUT2D eigenvalue weighted by Gasteiger charge is -2.17. The van der Waals surface area contributed by atoms with Crippen LogP contribution in [0.3, 0.4) is 0 Å². The molecule has 0 saturated carbocycles. The number of rotatable bonds is 9. The Kier molecular flexibility index (Phi) is 8.55. The maximum absolute atomic E-state index is 13.2. The van der Waals surface area contributed by atoms with Crippen molar-refractivity contribution in [2.24, 2.45) is 0 Å². The largest absolute Gasteiger partial charge is 0.495 e. The SMILES string of the molecule is COc1ccccc1NC(=O)COc1ccc(/C=C2\SC(=S)N(c3ccc(N(C)C)cc3)C2=O)cc1OC. The average Bonchev–Trinajstić information content (AvgIpc) is 3.20. The molecule has 1 aliphatic heterocycles. The van der Waals surface area contributed by atoms with Crippen LogP contribution in [0.4, 0.5) is 17.1 Å². The van der Waals surface area contributed by atoms with Gasteiger partial charge in [0.25, 0.3) is 11.8 Å². The fraction of sp³-hybridized carbons (Fsp3) is 0.179. The lowest BCUT2D eigenvalue weighted by molar-refractivity contribution is -0.118. The van der Waals surface area contributed by atoms with Gasteiger partial charge in [0.2, 0.25) is 0 Å². The summed E-state index contributed by atoms with van der Waals surface area (Å²) in [6, 6.07) is 20.0. The molecule has 4 rings (SSSR count). The van der Waals surface area contributed by atoms with Gasteiger partial charge in [-0.2, -0.15) is 0 Å². The number of hydrogen-bond acceptors (Lipinski definition) is 8. The number of anilines is 3. The van der Waals surface area contributed by atoms with E-state index >= 15 is 0 Å². The molecule has 1 saturated heterocycles. The van der Waals surface area contributed by atoms with E-state index < -0.39 is 0 Å². The van der Waals surface area contributed by atoms with Gasteiger partial charge in [-0.05, 0) is 60.2 Å². The zero-order valence-electron chi connectivity index (χ0n) is 21.4. The minimum Gasteiger partial charge on any atom is -0.495 e. The number of carbonyl (C=O) groups excluding carboxylic acids is 2. The zero-order chi connectivity index (χ0) is 27.2. The summed E-state index contributed by atoms with van der Waals surface area (Å²) in [6.07, 6.45) is 1.76. The Bertz CT molecular complexity index is 1390. The molecule has 8 nitrogen and oxygen atoms in total. The third-order valence-electron chi connectivity index (χ3n) is 5.64. The van der Waals surface area contributed by atoms with Crippen molar-refractivity contribution in [3.8, 4) is 17.2 Å². The Balaban J connectivity index is 1.45. The number of carbonyl (C=O) groups is 2. The Hall–Kier alpha value is -4.02. The van der Waals surface area contributed by atoms with Crippen LogP contribution in [0.2, 0.25) is 0 Å². The van der Waals surface area contributed by atoms with Crippen LogP contribution in [0, 0.1) is 0 Å². The highest BCUT2D eigenvalue weighted by atomic mass is 32.2. The number of nitrogens with zero attached hydrogens (tertiary/aromatic N) is 2. The van der Waals surface area contributed by atoms with E-state index in [4.69, 9.17) is 26.4 Å².